The van der Waals surface area contributed by atoms with Crippen LogP contribution in [0.5, 0.6) is 11.5 Å². The van der Waals surface area contributed by atoms with E-state index < -0.39 is 11.6 Å². The molecule has 0 amide bonds. The second-order valence-corrected chi connectivity index (χ2v) is 5.47. The Kier molecular flexibility index (Phi) is 3.50. The van der Waals surface area contributed by atoms with Crippen molar-refractivity contribution < 1.29 is 13.5 Å². The molecule has 0 saturated carbocycles. The molecule has 24 heavy (non-hydrogen) atoms. The van der Waals surface area contributed by atoms with Crippen LogP contribution in [-0.4, -0.2) is 4.98 Å². The van der Waals surface area contributed by atoms with Gasteiger partial charge in [0, 0.05) is 22.7 Å². The summed E-state index contributed by atoms with van der Waals surface area (Å²) in [5.74, 6) is -1.01. The molecule has 1 N–H and O–H groups in total. The highest BCUT2D eigenvalue weighted by Crippen LogP contribution is 2.28. The van der Waals surface area contributed by atoms with Crippen LogP contribution in [0.4, 0.5) is 8.78 Å². The van der Waals surface area contributed by atoms with Crippen molar-refractivity contribution in [1.29, 1.82) is 0 Å². The van der Waals surface area contributed by atoms with E-state index in [9.17, 15) is 8.78 Å². The van der Waals surface area contributed by atoms with Gasteiger partial charge in [-0.3, -0.25) is 0 Å². The van der Waals surface area contributed by atoms with Crippen LogP contribution in [0, 0.1) is 11.6 Å². The Morgan fingerprint density at radius 1 is 0.708 bits per heavy atom. The molecule has 1 aromatic heterocycles. The van der Waals surface area contributed by atoms with Crippen LogP contribution < -0.4 is 4.74 Å². The normalized spacial score (nSPS) is 10.9. The summed E-state index contributed by atoms with van der Waals surface area (Å²) in [6, 6.07) is 21.0. The zero-order valence-electron chi connectivity index (χ0n) is 12.6. The molecular formula is C20H13F2NO. The molecule has 0 unspecified atom stereocenters. The van der Waals surface area contributed by atoms with Crippen molar-refractivity contribution in [2.75, 3.05) is 0 Å². The number of hydrogen-bond donors (Lipinski definition) is 1. The molecule has 2 nitrogen and oxygen atoms in total. The second-order valence-electron chi connectivity index (χ2n) is 5.47. The largest absolute Gasteiger partial charge is 0.457 e. The molecule has 0 radical (unpaired) electrons. The lowest BCUT2D eigenvalue weighted by molar-refractivity contribution is 0.461. The highest BCUT2D eigenvalue weighted by molar-refractivity contribution is 5.85. The highest BCUT2D eigenvalue weighted by atomic mass is 19.2. The molecule has 0 aliphatic rings. The number of aromatic nitrogens is 1. The summed E-state index contributed by atoms with van der Waals surface area (Å²) in [5.41, 5.74) is 3.11. The molecule has 0 aliphatic heterocycles. The van der Waals surface area contributed by atoms with Gasteiger partial charge in [-0.05, 0) is 54.1 Å². The van der Waals surface area contributed by atoms with Gasteiger partial charge >= 0.3 is 0 Å². The van der Waals surface area contributed by atoms with Crippen molar-refractivity contribution in [1.82, 2.24) is 4.98 Å². The van der Waals surface area contributed by atoms with Crippen molar-refractivity contribution >= 4 is 10.9 Å². The van der Waals surface area contributed by atoms with Crippen molar-refractivity contribution in [2.24, 2.45) is 0 Å². The predicted octanol–water partition coefficient (Wildman–Crippen LogP) is 5.91. The van der Waals surface area contributed by atoms with Crippen LogP contribution in [0.2, 0.25) is 0 Å². The van der Waals surface area contributed by atoms with Crippen molar-refractivity contribution in [3.8, 4) is 22.8 Å². The maximum Gasteiger partial charge on any atom is 0.162 e. The first-order chi connectivity index (χ1) is 11.7. The van der Waals surface area contributed by atoms with Gasteiger partial charge in [0.1, 0.15) is 11.5 Å². The van der Waals surface area contributed by atoms with Crippen LogP contribution in [0.3, 0.4) is 0 Å². The van der Waals surface area contributed by atoms with Gasteiger partial charge in [-0.1, -0.05) is 18.2 Å². The van der Waals surface area contributed by atoms with Gasteiger partial charge in [0.15, 0.2) is 11.6 Å². The zero-order valence-corrected chi connectivity index (χ0v) is 12.6. The van der Waals surface area contributed by atoms with Crippen molar-refractivity contribution in [3.63, 3.8) is 0 Å². The standard InChI is InChI=1S/C20H13F2NO/c21-17-10-9-16(12-18(17)22)24-15-7-5-13(6-8-15)20-11-14-3-1-2-4-19(14)23-20/h1-12,23H. The lowest BCUT2D eigenvalue weighted by Crippen LogP contribution is -1.88. The zero-order chi connectivity index (χ0) is 16.5. The predicted molar refractivity (Wildman–Crippen MR) is 90.2 cm³/mol. The van der Waals surface area contributed by atoms with Crippen molar-refractivity contribution in [2.45, 2.75) is 0 Å². The Hall–Kier alpha value is -3.14. The summed E-state index contributed by atoms with van der Waals surface area (Å²) in [6.45, 7) is 0. The number of H-pyrrole nitrogens is 1. The highest BCUT2D eigenvalue weighted by Gasteiger charge is 2.06. The number of fused-ring (bicyclic) bond motifs is 1. The lowest BCUT2D eigenvalue weighted by Gasteiger charge is -2.07. The molecule has 0 spiro atoms. The van der Waals surface area contributed by atoms with E-state index in [1.165, 1.54) is 6.07 Å². The fraction of sp³-hybridized carbons (Fsp3) is 0. The Labute approximate surface area is 137 Å². The fourth-order valence-electron chi connectivity index (χ4n) is 2.61. The van der Waals surface area contributed by atoms with E-state index in [0.29, 0.717) is 5.75 Å². The van der Waals surface area contributed by atoms with E-state index >= 15 is 0 Å². The molecule has 0 bridgehead atoms. The Morgan fingerprint density at radius 3 is 2.21 bits per heavy atom. The van der Waals surface area contributed by atoms with Gasteiger partial charge in [0.2, 0.25) is 0 Å². The fourth-order valence-corrected chi connectivity index (χ4v) is 2.61. The van der Waals surface area contributed by atoms with Gasteiger partial charge in [0.25, 0.3) is 0 Å². The van der Waals surface area contributed by atoms with Crippen molar-refractivity contribution in [3.05, 3.63) is 84.4 Å². The van der Waals surface area contributed by atoms with Gasteiger partial charge in [0.05, 0.1) is 0 Å². The Balaban J connectivity index is 1.58. The molecule has 4 rings (SSSR count). The number of halogens is 2. The molecule has 0 atom stereocenters. The van der Waals surface area contributed by atoms with Gasteiger partial charge < -0.3 is 9.72 Å². The van der Waals surface area contributed by atoms with E-state index in [1.54, 1.807) is 12.1 Å². The monoisotopic (exact) mass is 321 g/mol. The average Bonchev–Trinajstić information content (AvgIpc) is 3.03. The Bertz CT molecular complexity index is 973. The first-order valence-corrected chi connectivity index (χ1v) is 7.50. The minimum atomic E-state index is -0.929. The summed E-state index contributed by atoms with van der Waals surface area (Å²) in [7, 11) is 0. The van der Waals surface area contributed by atoms with E-state index in [1.807, 2.05) is 30.3 Å². The van der Waals surface area contributed by atoms with Crippen LogP contribution in [-0.2, 0) is 0 Å². The van der Waals surface area contributed by atoms with E-state index in [0.717, 1.165) is 34.3 Å². The number of nitrogens with one attached hydrogen (secondary N) is 1. The van der Waals surface area contributed by atoms with E-state index in [4.69, 9.17) is 4.74 Å². The minimum Gasteiger partial charge on any atom is -0.457 e. The topological polar surface area (TPSA) is 25.0 Å². The number of para-hydroxylation sites is 1. The summed E-state index contributed by atoms with van der Waals surface area (Å²) in [6.07, 6.45) is 0. The molecule has 0 saturated heterocycles. The second kappa shape index (κ2) is 5.81. The maximum absolute atomic E-state index is 13.2. The minimum absolute atomic E-state index is 0.257. The molecule has 4 aromatic rings. The van der Waals surface area contributed by atoms with Crippen LogP contribution in [0.25, 0.3) is 22.2 Å². The maximum atomic E-state index is 13.2. The molecule has 0 aliphatic carbocycles. The van der Waals surface area contributed by atoms with Gasteiger partial charge in [-0.25, -0.2) is 8.78 Å². The van der Waals surface area contributed by atoms with E-state index in [2.05, 4.69) is 17.1 Å². The van der Waals surface area contributed by atoms with Crippen LogP contribution in [0.15, 0.2) is 72.8 Å². The first kappa shape index (κ1) is 14.5. The Morgan fingerprint density at radius 2 is 1.46 bits per heavy atom. The number of benzene rings is 3. The SMILES string of the molecule is Fc1ccc(Oc2ccc(-c3cc4ccccc4[nH]3)cc2)cc1F. The third-order valence-corrected chi connectivity index (χ3v) is 3.82. The number of ether oxygens (including phenoxy) is 1. The van der Waals surface area contributed by atoms with Crippen LogP contribution >= 0.6 is 0 Å². The molecule has 0 fully saturated rings. The lowest BCUT2D eigenvalue weighted by atomic mass is 10.1. The average molecular weight is 321 g/mol. The van der Waals surface area contributed by atoms with Gasteiger partial charge in [-0.2, -0.15) is 0 Å². The third kappa shape index (κ3) is 2.74. The third-order valence-electron chi connectivity index (χ3n) is 3.82. The van der Waals surface area contributed by atoms with Gasteiger partial charge in [-0.15, -0.1) is 0 Å². The molecular weight excluding hydrogens is 308 g/mol. The first-order valence-electron chi connectivity index (χ1n) is 7.50. The van der Waals surface area contributed by atoms with Crippen LogP contribution in [0.1, 0.15) is 0 Å². The van der Waals surface area contributed by atoms with E-state index in [-0.39, 0.29) is 5.75 Å². The summed E-state index contributed by atoms with van der Waals surface area (Å²) >= 11 is 0. The molecule has 118 valence electrons. The molecule has 3 aromatic carbocycles. The number of aromatic amines is 1. The molecule has 4 heteroatoms. The summed E-state index contributed by atoms with van der Waals surface area (Å²) in [4.78, 5) is 3.36. The number of rotatable bonds is 3. The molecule has 1 heterocycles. The summed E-state index contributed by atoms with van der Waals surface area (Å²) in [5, 5.41) is 1.15. The number of hydrogen-bond acceptors (Lipinski definition) is 1. The summed E-state index contributed by atoms with van der Waals surface area (Å²) < 4.78 is 31.7. The smallest absolute Gasteiger partial charge is 0.162 e. The quantitative estimate of drug-likeness (QED) is 0.499.